The maximum atomic E-state index is 14.0. The molecule has 7 aromatic rings. The maximum absolute atomic E-state index is 14.0. The number of amides is 2. The zero-order valence-electron chi connectivity index (χ0n) is 36.1. The first-order chi connectivity index (χ1) is 32.4. The number of aliphatic carboxylic acids is 2. The van der Waals surface area contributed by atoms with Gasteiger partial charge in [0.1, 0.15) is 48.0 Å². The van der Waals surface area contributed by atoms with Gasteiger partial charge in [-0.3, -0.25) is 19.2 Å². The normalized spacial score (nSPS) is 13.0. The van der Waals surface area contributed by atoms with Crippen LogP contribution in [-0.4, -0.2) is 49.1 Å². The van der Waals surface area contributed by atoms with Crippen molar-refractivity contribution >= 4 is 69.1 Å². The van der Waals surface area contributed by atoms with Crippen molar-refractivity contribution in [3.63, 3.8) is 0 Å². The van der Waals surface area contributed by atoms with Gasteiger partial charge in [0.25, 0.3) is 11.8 Å². The average molecular weight is 899 g/mol. The third kappa shape index (κ3) is 11.2. The SMILES string of the molecule is N#C/C(=C\c1cn(CC(=O)O)c2ccc(F)cc12)C(=O)N(Cc1ccccc1)c1ccccc1.N#C/C(=C\c1cn(CC(=O)O)c2ccc(F)cc12)C(=O)N(c1ccccc1)C1CCCCC1. The molecule has 0 radical (unpaired) electrons. The Hall–Kier alpha value is -8.62. The summed E-state index contributed by atoms with van der Waals surface area (Å²) >= 11 is 0. The Morgan fingerprint density at radius 3 is 1.52 bits per heavy atom. The van der Waals surface area contributed by atoms with Crippen LogP contribution in [-0.2, 0) is 38.8 Å². The molecule has 5 aromatic carbocycles. The molecule has 336 valence electrons. The standard InChI is InChI=1S/C27H20FN3O3.C26H24FN3O3/c28-22-11-12-25-24(14-22)21(17-30(25)18-26(32)33)13-20(15-29)27(34)31(23-9-5-2-6-10-23)16-19-7-3-1-4-8-19;27-20-11-12-24-23(14-20)19(16-29(24)17-25(31)32)13-18(15-28)26(33)30(21-7-3-1-4-8-21)22-9-5-2-6-10-22/h1-14,17H,16,18H2,(H,32,33);1,3-4,7-8,11-14,16,22H,2,5-6,9-10,17H2,(H,31,32)/b20-13+;18-13+. The molecule has 1 saturated carbocycles. The van der Waals surface area contributed by atoms with Gasteiger partial charge in [-0.15, -0.1) is 0 Å². The summed E-state index contributed by atoms with van der Waals surface area (Å²) in [6.45, 7) is -0.405. The first-order valence-corrected chi connectivity index (χ1v) is 21.5. The van der Waals surface area contributed by atoms with Crippen LogP contribution >= 0.6 is 0 Å². The minimum Gasteiger partial charge on any atom is -0.480 e. The summed E-state index contributed by atoms with van der Waals surface area (Å²) in [6, 6.07) is 39.7. The second kappa shape index (κ2) is 21.4. The van der Waals surface area contributed by atoms with E-state index in [9.17, 15) is 48.7 Å². The molecule has 0 unspecified atom stereocenters. The molecular weight excluding hydrogens is 855 g/mol. The number of nitriles is 2. The number of halogens is 2. The number of carboxylic acids is 2. The Morgan fingerprint density at radius 1 is 0.612 bits per heavy atom. The molecule has 0 spiro atoms. The first kappa shape index (κ1) is 46.4. The quantitative estimate of drug-likeness (QED) is 0.0850. The van der Waals surface area contributed by atoms with E-state index in [2.05, 4.69) is 0 Å². The predicted octanol–water partition coefficient (Wildman–Crippen LogP) is 10.1. The summed E-state index contributed by atoms with van der Waals surface area (Å²) in [5.74, 6) is -4.03. The molecule has 0 bridgehead atoms. The summed E-state index contributed by atoms with van der Waals surface area (Å²) in [4.78, 5) is 52.9. The number of carboxylic acid groups (broad SMARTS) is 2. The van der Waals surface area contributed by atoms with Crippen molar-refractivity contribution in [2.75, 3.05) is 9.80 Å². The van der Waals surface area contributed by atoms with E-state index in [1.807, 2.05) is 78.9 Å². The molecule has 2 heterocycles. The number of nitrogens with zero attached hydrogens (tertiary/aromatic N) is 6. The first-order valence-electron chi connectivity index (χ1n) is 21.5. The molecule has 14 heteroatoms. The van der Waals surface area contributed by atoms with E-state index in [-0.39, 0.29) is 36.8 Å². The molecule has 1 aliphatic carbocycles. The molecular formula is C53H44F2N6O6. The van der Waals surface area contributed by atoms with E-state index in [0.717, 1.165) is 43.4 Å². The Morgan fingerprint density at radius 2 is 1.06 bits per heavy atom. The zero-order chi connectivity index (χ0) is 47.5. The Bertz CT molecular complexity index is 3090. The van der Waals surface area contributed by atoms with Crippen LogP contribution in [0, 0.1) is 34.3 Å². The van der Waals surface area contributed by atoms with Gasteiger partial charge in [-0.1, -0.05) is 86.0 Å². The van der Waals surface area contributed by atoms with Crippen molar-refractivity contribution in [3.05, 3.63) is 179 Å². The molecule has 1 aliphatic rings. The van der Waals surface area contributed by atoms with Gasteiger partial charge >= 0.3 is 11.9 Å². The predicted molar refractivity (Wildman–Crippen MR) is 251 cm³/mol. The van der Waals surface area contributed by atoms with Crippen LogP contribution in [0.5, 0.6) is 0 Å². The van der Waals surface area contributed by atoms with Gasteiger partial charge < -0.3 is 29.1 Å². The van der Waals surface area contributed by atoms with Crippen molar-refractivity contribution in [1.82, 2.24) is 9.13 Å². The molecule has 8 rings (SSSR count). The fourth-order valence-electron chi connectivity index (χ4n) is 8.32. The average Bonchev–Trinajstić information content (AvgIpc) is 3.84. The van der Waals surface area contributed by atoms with Crippen LogP contribution in [0.15, 0.2) is 151 Å². The Balaban J connectivity index is 0.000000199. The number of aromatic nitrogens is 2. The van der Waals surface area contributed by atoms with Crippen molar-refractivity contribution in [2.24, 2.45) is 0 Å². The number of hydrogen-bond donors (Lipinski definition) is 2. The molecule has 2 amide bonds. The number of anilines is 2. The summed E-state index contributed by atoms with van der Waals surface area (Å²) < 4.78 is 30.9. The van der Waals surface area contributed by atoms with E-state index in [1.165, 1.54) is 75.0 Å². The number of benzene rings is 5. The third-order valence-corrected chi connectivity index (χ3v) is 11.4. The number of para-hydroxylation sites is 2. The zero-order valence-corrected chi connectivity index (χ0v) is 36.1. The van der Waals surface area contributed by atoms with E-state index in [0.29, 0.717) is 38.6 Å². The molecule has 2 aromatic heterocycles. The Labute approximate surface area is 384 Å². The van der Waals surface area contributed by atoms with Crippen LogP contribution in [0.1, 0.15) is 48.8 Å². The minimum atomic E-state index is -1.06. The van der Waals surface area contributed by atoms with Gasteiger partial charge in [0, 0.05) is 62.7 Å². The van der Waals surface area contributed by atoms with E-state index in [4.69, 9.17) is 0 Å². The molecule has 2 N–H and O–H groups in total. The Kier molecular flexibility index (Phi) is 14.8. The smallest absolute Gasteiger partial charge is 0.323 e. The van der Waals surface area contributed by atoms with Crippen molar-refractivity contribution < 1.29 is 38.2 Å². The monoisotopic (exact) mass is 898 g/mol. The van der Waals surface area contributed by atoms with Crippen LogP contribution in [0.3, 0.4) is 0 Å². The number of rotatable bonds is 13. The van der Waals surface area contributed by atoms with Gasteiger partial charge in [-0.25, -0.2) is 8.78 Å². The highest BCUT2D eigenvalue weighted by molar-refractivity contribution is 6.13. The highest BCUT2D eigenvalue weighted by Gasteiger charge is 2.29. The second-order valence-corrected chi connectivity index (χ2v) is 15.9. The fourth-order valence-corrected chi connectivity index (χ4v) is 8.32. The van der Waals surface area contributed by atoms with Gasteiger partial charge in [-0.2, -0.15) is 10.5 Å². The lowest BCUT2D eigenvalue weighted by Crippen LogP contribution is -2.42. The fraction of sp³-hybridized carbons (Fsp3) is 0.170. The third-order valence-electron chi connectivity index (χ3n) is 11.4. The second-order valence-electron chi connectivity index (χ2n) is 15.9. The van der Waals surface area contributed by atoms with E-state index >= 15 is 0 Å². The lowest BCUT2D eigenvalue weighted by molar-refractivity contribution is -0.138. The highest BCUT2D eigenvalue weighted by atomic mass is 19.1. The molecule has 12 nitrogen and oxygen atoms in total. The van der Waals surface area contributed by atoms with Crippen molar-refractivity contribution in [1.29, 1.82) is 10.5 Å². The maximum Gasteiger partial charge on any atom is 0.323 e. The van der Waals surface area contributed by atoms with Gasteiger partial charge in [0.05, 0.1) is 6.54 Å². The lowest BCUT2D eigenvalue weighted by atomic mass is 9.93. The number of hydrogen-bond acceptors (Lipinski definition) is 6. The van der Waals surface area contributed by atoms with Crippen LogP contribution in [0.2, 0.25) is 0 Å². The van der Waals surface area contributed by atoms with Gasteiger partial charge in [0.2, 0.25) is 0 Å². The lowest BCUT2D eigenvalue weighted by Gasteiger charge is -2.34. The number of carbonyl (C=O) groups excluding carboxylic acids is 2. The van der Waals surface area contributed by atoms with Crippen molar-refractivity contribution in [3.8, 4) is 12.1 Å². The summed E-state index contributed by atoms with van der Waals surface area (Å²) in [6.07, 6.45) is 10.8. The van der Waals surface area contributed by atoms with E-state index in [1.54, 1.807) is 29.2 Å². The molecule has 67 heavy (non-hydrogen) atoms. The number of fused-ring (bicyclic) bond motifs is 2. The minimum absolute atomic E-state index is 0.00352. The van der Waals surface area contributed by atoms with Gasteiger partial charge in [0.15, 0.2) is 0 Å². The highest BCUT2D eigenvalue weighted by Crippen LogP contribution is 2.31. The molecule has 0 atom stereocenters. The van der Waals surface area contributed by atoms with E-state index < -0.39 is 35.4 Å². The van der Waals surface area contributed by atoms with Crippen LogP contribution in [0.25, 0.3) is 34.0 Å². The van der Waals surface area contributed by atoms with Crippen LogP contribution < -0.4 is 9.80 Å². The summed E-state index contributed by atoms with van der Waals surface area (Å²) in [7, 11) is 0. The topological polar surface area (TPSA) is 173 Å². The molecule has 1 fully saturated rings. The van der Waals surface area contributed by atoms with Crippen molar-refractivity contribution in [2.45, 2.75) is 57.8 Å². The largest absolute Gasteiger partial charge is 0.480 e. The molecule has 0 saturated heterocycles. The molecule has 0 aliphatic heterocycles. The summed E-state index contributed by atoms with van der Waals surface area (Å²) in [5, 5.41) is 39.1. The van der Waals surface area contributed by atoms with Crippen LogP contribution in [0.4, 0.5) is 20.2 Å². The summed E-state index contributed by atoms with van der Waals surface area (Å²) in [5.41, 5.74) is 3.82. The number of carbonyl (C=O) groups is 4. The van der Waals surface area contributed by atoms with Gasteiger partial charge in [-0.05, 0) is 91.2 Å².